The summed E-state index contributed by atoms with van der Waals surface area (Å²) in [5, 5.41) is 0. The van der Waals surface area contributed by atoms with Crippen molar-refractivity contribution in [2.75, 3.05) is 75.0 Å². The lowest BCUT2D eigenvalue weighted by atomic mass is 10.1. The third-order valence-corrected chi connectivity index (χ3v) is 4.74. The molecule has 0 N–H and O–H groups in total. The lowest BCUT2D eigenvalue weighted by Crippen LogP contribution is -2.55. The average molecular weight is 357 g/mol. The maximum Gasteiger partial charge on any atom is 0.223 e. The van der Waals surface area contributed by atoms with Gasteiger partial charge in [-0.15, -0.1) is 0 Å². The van der Waals surface area contributed by atoms with E-state index in [1.54, 1.807) is 0 Å². The van der Waals surface area contributed by atoms with E-state index in [2.05, 4.69) is 49.2 Å². The highest BCUT2D eigenvalue weighted by Crippen LogP contribution is 2.14. The highest BCUT2D eigenvalue weighted by atomic mass is 16.2. The lowest BCUT2D eigenvalue weighted by Gasteiger charge is -2.40. The molecule has 0 aliphatic carbocycles. The van der Waals surface area contributed by atoms with Crippen molar-refractivity contribution in [1.29, 1.82) is 0 Å². The van der Waals surface area contributed by atoms with E-state index in [0.717, 1.165) is 34.9 Å². The van der Waals surface area contributed by atoms with Crippen molar-refractivity contribution in [3.05, 3.63) is 0 Å². The fourth-order valence-corrected chi connectivity index (χ4v) is 3.27. The summed E-state index contributed by atoms with van der Waals surface area (Å²) in [4.78, 5) is 28.8. The molecule has 0 bridgehead atoms. The normalized spacial score (nSPS) is 19.2. The van der Waals surface area contributed by atoms with Gasteiger partial charge in [-0.1, -0.05) is 0 Å². The third-order valence-electron chi connectivity index (χ3n) is 4.74. The average Bonchev–Trinajstić information content (AvgIpc) is 2.44. The van der Waals surface area contributed by atoms with Gasteiger partial charge in [-0.2, -0.15) is 0 Å². The molecule has 1 aliphatic rings. The Kier molecular flexibility index (Phi) is 7.88. The second kappa shape index (κ2) is 8.99. The molecule has 1 unspecified atom stereocenters. The van der Waals surface area contributed by atoms with Gasteiger partial charge >= 0.3 is 0 Å². The van der Waals surface area contributed by atoms with Crippen molar-refractivity contribution >= 4 is 11.8 Å². The smallest absolute Gasteiger partial charge is 0.223 e. The molecular formula is C19H40N4O2+2. The molecule has 146 valence electrons. The van der Waals surface area contributed by atoms with Crippen LogP contribution in [0.5, 0.6) is 0 Å². The summed E-state index contributed by atoms with van der Waals surface area (Å²) in [5.41, 5.74) is 0. The maximum absolute atomic E-state index is 12.5. The Bertz CT molecular complexity index is 451. The lowest BCUT2D eigenvalue weighted by molar-refractivity contribution is -0.870. The summed E-state index contributed by atoms with van der Waals surface area (Å²) in [7, 11) is 12.9. The van der Waals surface area contributed by atoms with Crippen LogP contribution in [0.25, 0.3) is 0 Å². The number of hydrogen-bond donors (Lipinski definition) is 0. The van der Waals surface area contributed by atoms with E-state index in [1.165, 1.54) is 0 Å². The number of carbonyl (C=O) groups excluding carboxylic acids is 2. The molecule has 1 aliphatic heterocycles. The van der Waals surface area contributed by atoms with E-state index in [-0.39, 0.29) is 17.9 Å². The van der Waals surface area contributed by atoms with Gasteiger partial charge in [-0.05, 0) is 6.92 Å². The third kappa shape index (κ3) is 8.68. The van der Waals surface area contributed by atoms with Crippen LogP contribution in [-0.2, 0) is 9.59 Å². The summed E-state index contributed by atoms with van der Waals surface area (Å²) in [5.74, 6) is 0.468. The molecular weight excluding hydrogens is 316 g/mol. The van der Waals surface area contributed by atoms with Gasteiger partial charge < -0.3 is 18.8 Å². The summed E-state index contributed by atoms with van der Waals surface area (Å²) < 4.78 is 1.78. The van der Waals surface area contributed by atoms with Gasteiger partial charge in [0, 0.05) is 51.4 Å². The monoisotopic (exact) mass is 356 g/mol. The Hall–Kier alpha value is -1.14. The molecule has 0 saturated carbocycles. The van der Waals surface area contributed by atoms with Crippen LogP contribution in [0.15, 0.2) is 0 Å². The molecule has 2 amide bonds. The van der Waals surface area contributed by atoms with Crippen LogP contribution >= 0.6 is 0 Å². The molecule has 1 heterocycles. The summed E-state index contributed by atoms with van der Waals surface area (Å²) in [6.07, 6.45) is 3.05. The van der Waals surface area contributed by atoms with Crippen molar-refractivity contribution in [1.82, 2.24) is 9.80 Å². The highest BCUT2D eigenvalue weighted by molar-refractivity contribution is 5.78. The standard InChI is InChI=1S/C19H40N4O2/c1-17-16-20(18(24)10-8-14-22(2,3)4)12-13-21(17)19(25)11-9-15-23(5,6)7/h17H,8-16H2,1-7H3/q+2. The Morgan fingerprint density at radius 1 is 0.840 bits per heavy atom. The molecule has 0 spiro atoms. The molecule has 1 fully saturated rings. The van der Waals surface area contributed by atoms with Crippen molar-refractivity contribution in [3.63, 3.8) is 0 Å². The quantitative estimate of drug-likeness (QED) is 0.609. The van der Waals surface area contributed by atoms with Gasteiger partial charge in [-0.3, -0.25) is 9.59 Å². The Balaban J connectivity index is 2.38. The van der Waals surface area contributed by atoms with Gasteiger partial charge in [0.25, 0.3) is 0 Å². The Labute approximate surface area is 154 Å². The van der Waals surface area contributed by atoms with Gasteiger partial charge in [0.15, 0.2) is 0 Å². The number of hydrogen-bond acceptors (Lipinski definition) is 2. The second-order valence-corrected chi connectivity index (χ2v) is 9.51. The van der Waals surface area contributed by atoms with Crippen LogP contribution < -0.4 is 0 Å². The van der Waals surface area contributed by atoms with Crippen molar-refractivity contribution in [2.45, 2.75) is 38.6 Å². The largest absolute Gasteiger partial charge is 0.339 e. The number of nitrogens with zero attached hydrogens (tertiary/aromatic N) is 4. The van der Waals surface area contributed by atoms with Gasteiger partial charge in [0.05, 0.1) is 55.4 Å². The van der Waals surface area contributed by atoms with Gasteiger partial charge in [-0.25, -0.2) is 0 Å². The van der Waals surface area contributed by atoms with Crippen LogP contribution in [0.3, 0.4) is 0 Å². The fourth-order valence-electron chi connectivity index (χ4n) is 3.27. The number of piperazine rings is 1. The molecule has 0 radical (unpaired) electrons. The maximum atomic E-state index is 12.5. The molecule has 25 heavy (non-hydrogen) atoms. The number of carbonyl (C=O) groups is 2. The number of rotatable bonds is 8. The van der Waals surface area contributed by atoms with Crippen molar-refractivity contribution < 1.29 is 18.6 Å². The van der Waals surface area contributed by atoms with Crippen molar-refractivity contribution in [3.8, 4) is 0 Å². The topological polar surface area (TPSA) is 40.6 Å². The summed E-state index contributed by atoms with van der Waals surface area (Å²) in [6, 6.07) is 0.118. The first kappa shape index (κ1) is 21.9. The molecule has 0 aromatic carbocycles. The van der Waals surface area contributed by atoms with Crippen molar-refractivity contribution in [2.24, 2.45) is 0 Å². The van der Waals surface area contributed by atoms with Crippen LogP contribution in [0.1, 0.15) is 32.6 Å². The predicted octanol–water partition coefficient (Wildman–Crippen LogP) is 1.02. The van der Waals surface area contributed by atoms with Crippen LogP contribution in [-0.4, -0.2) is 112 Å². The minimum Gasteiger partial charge on any atom is -0.339 e. The fraction of sp³-hybridized carbons (Fsp3) is 0.895. The first-order chi connectivity index (χ1) is 11.4. The van der Waals surface area contributed by atoms with Gasteiger partial charge in [0.2, 0.25) is 11.8 Å². The summed E-state index contributed by atoms with van der Waals surface area (Å²) >= 11 is 0. The van der Waals surface area contributed by atoms with Crippen LogP contribution in [0.4, 0.5) is 0 Å². The zero-order valence-electron chi connectivity index (χ0n) is 17.5. The molecule has 1 saturated heterocycles. The molecule has 1 rings (SSSR count). The molecule has 0 aromatic heterocycles. The summed E-state index contributed by atoms with van der Waals surface area (Å²) in [6.45, 7) is 6.09. The van der Waals surface area contributed by atoms with Gasteiger partial charge in [0.1, 0.15) is 0 Å². The minimum absolute atomic E-state index is 0.118. The molecule has 1 atom stereocenters. The van der Waals surface area contributed by atoms with Crippen LogP contribution in [0.2, 0.25) is 0 Å². The van der Waals surface area contributed by atoms with E-state index in [9.17, 15) is 9.59 Å². The zero-order valence-corrected chi connectivity index (χ0v) is 17.5. The highest BCUT2D eigenvalue weighted by Gasteiger charge is 2.29. The van der Waals surface area contributed by atoms with Crippen LogP contribution in [0, 0.1) is 0 Å². The Morgan fingerprint density at radius 3 is 1.76 bits per heavy atom. The van der Waals surface area contributed by atoms with E-state index >= 15 is 0 Å². The minimum atomic E-state index is 0.118. The first-order valence-corrected chi connectivity index (χ1v) is 9.57. The number of quaternary nitrogens is 2. The Morgan fingerprint density at radius 2 is 1.32 bits per heavy atom. The second-order valence-electron chi connectivity index (χ2n) is 9.51. The molecule has 0 aromatic rings. The molecule has 6 nitrogen and oxygen atoms in total. The molecule has 6 heteroatoms. The SMILES string of the molecule is CC1CN(C(=O)CCC[N+](C)(C)C)CCN1C(=O)CCC[N+](C)(C)C. The van der Waals surface area contributed by atoms with E-state index in [1.807, 2.05) is 9.80 Å². The zero-order chi connectivity index (χ0) is 19.3. The first-order valence-electron chi connectivity index (χ1n) is 9.57. The van der Waals surface area contributed by atoms with E-state index < -0.39 is 0 Å². The van der Waals surface area contributed by atoms with E-state index in [0.29, 0.717) is 32.5 Å². The van der Waals surface area contributed by atoms with E-state index in [4.69, 9.17) is 0 Å². The number of amides is 2. The predicted molar refractivity (Wildman–Crippen MR) is 102 cm³/mol.